The van der Waals surface area contributed by atoms with Gasteiger partial charge < -0.3 is 24.9 Å². The number of rotatable bonds is 5. The van der Waals surface area contributed by atoms with Gasteiger partial charge in [0, 0.05) is 69.9 Å². The van der Waals surface area contributed by atoms with Crippen LogP contribution in [0, 0.1) is 0 Å². The van der Waals surface area contributed by atoms with Crippen LogP contribution < -0.4 is 15.1 Å². The van der Waals surface area contributed by atoms with Gasteiger partial charge in [0.05, 0.1) is 0 Å². The molecule has 2 aromatic rings. The van der Waals surface area contributed by atoms with Crippen molar-refractivity contribution < 1.29 is 0 Å². The summed E-state index contributed by atoms with van der Waals surface area (Å²) in [4.78, 5) is 18.8. The molecule has 2 saturated heterocycles. The normalized spacial score (nSPS) is 19.1. The van der Waals surface area contributed by atoms with E-state index in [1.54, 1.807) is 0 Å². The molecule has 0 radical (unpaired) electrons. The van der Waals surface area contributed by atoms with E-state index in [0.717, 1.165) is 70.4 Å². The Hall–Kier alpha value is -2.38. The third-order valence-corrected chi connectivity index (χ3v) is 5.78. The summed E-state index contributed by atoms with van der Waals surface area (Å²) in [6, 6.07) is 10.6. The number of anilines is 4. The summed E-state index contributed by atoms with van der Waals surface area (Å²) in [7, 11) is 2.18. The van der Waals surface area contributed by atoms with Crippen molar-refractivity contribution in [1.29, 1.82) is 0 Å². The lowest BCUT2D eigenvalue weighted by molar-refractivity contribution is 0.270. The molecule has 7 nitrogen and oxygen atoms in total. The van der Waals surface area contributed by atoms with Crippen molar-refractivity contribution in [3.8, 4) is 0 Å². The maximum atomic E-state index is 4.73. The molecule has 0 spiro atoms. The number of aromatic nitrogens is 2. The molecule has 2 aliphatic rings. The van der Waals surface area contributed by atoms with Crippen LogP contribution in [0.5, 0.6) is 0 Å². The fourth-order valence-electron chi connectivity index (χ4n) is 3.83. The number of piperazine rings is 2. The summed E-state index contributed by atoms with van der Waals surface area (Å²) in [5, 5.41) is 3.35. The summed E-state index contributed by atoms with van der Waals surface area (Å²) < 4.78 is 0. The standard InChI is InChI=1S/C21H31N7/c1-3-26-12-16-28(17-13-26)20-8-9-22-21(24-20)23-18-4-6-19(7-5-18)27-14-10-25(2)11-15-27/h4-9H,3,10-17H2,1-2H3,(H,22,23,24). The van der Waals surface area contributed by atoms with Crippen LogP contribution in [0.4, 0.5) is 23.1 Å². The van der Waals surface area contributed by atoms with Gasteiger partial charge in [-0.1, -0.05) is 6.92 Å². The number of nitrogens with one attached hydrogen (secondary N) is 1. The molecule has 0 amide bonds. The SMILES string of the molecule is CCN1CCN(c2ccnc(Nc3ccc(N4CCN(C)CC4)cc3)n2)CC1. The molecule has 7 heteroatoms. The van der Waals surface area contributed by atoms with Crippen LogP contribution in [-0.2, 0) is 0 Å². The summed E-state index contributed by atoms with van der Waals surface area (Å²) in [6.45, 7) is 12.0. The Labute approximate surface area is 168 Å². The molecule has 150 valence electrons. The lowest BCUT2D eigenvalue weighted by Crippen LogP contribution is -2.46. The molecule has 0 aliphatic carbocycles. The van der Waals surface area contributed by atoms with Crippen LogP contribution in [-0.4, -0.2) is 85.7 Å². The molecule has 1 aromatic carbocycles. The average molecular weight is 382 g/mol. The molecule has 0 unspecified atom stereocenters. The molecule has 1 N–H and O–H groups in total. The van der Waals surface area contributed by atoms with E-state index in [-0.39, 0.29) is 0 Å². The molecule has 0 atom stereocenters. The Bertz CT molecular complexity index is 748. The van der Waals surface area contributed by atoms with E-state index in [1.165, 1.54) is 5.69 Å². The van der Waals surface area contributed by atoms with Gasteiger partial charge in [0.25, 0.3) is 0 Å². The number of benzene rings is 1. The van der Waals surface area contributed by atoms with Gasteiger partial charge in [0.1, 0.15) is 5.82 Å². The van der Waals surface area contributed by atoms with E-state index in [4.69, 9.17) is 4.98 Å². The zero-order valence-corrected chi connectivity index (χ0v) is 17.0. The van der Waals surface area contributed by atoms with Crippen LogP contribution in [0.1, 0.15) is 6.92 Å². The molecule has 0 saturated carbocycles. The van der Waals surface area contributed by atoms with Crippen molar-refractivity contribution in [2.24, 2.45) is 0 Å². The number of likely N-dealkylation sites (N-methyl/N-ethyl adjacent to an activating group) is 2. The second-order valence-corrected chi connectivity index (χ2v) is 7.62. The molecule has 1 aromatic heterocycles. The Kier molecular flexibility index (Phi) is 5.92. The minimum atomic E-state index is 0.655. The second kappa shape index (κ2) is 8.75. The highest BCUT2D eigenvalue weighted by Gasteiger charge is 2.17. The Balaban J connectivity index is 1.38. The summed E-state index contributed by atoms with van der Waals surface area (Å²) in [5.41, 5.74) is 2.30. The first-order valence-electron chi connectivity index (χ1n) is 10.3. The van der Waals surface area contributed by atoms with Crippen molar-refractivity contribution in [1.82, 2.24) is 19.8 Å². The van der Waals surface area contributed by atoms with Crippen LogP contribution in [0.2, 0.25) is 0 Å². The summed E-state index contributed by atoms with van der Waals surface area (Å²) in [6.07, 6.45) is 1.84. The maximum Gasteiger partial charge on any atom is 0.229 e. The van der Waals surface area contributed by atoms with E-state index in [1.807, 2.05) is 12.3 Å². The first-order chi connectivity index (χ1) is 13.7. The number of hydrogen-bond acceptors (Lipinski definition) is 7. The largest absolute Gasteiger partial charge is 0.369 e. The first kappa shape index (κ1) is 19.0. The summed E-state index contributed by atoms with van der Waals surface area (Å²) in [5.74, 6) is 1.66. The van der Waals surface area contributed by atoms with Gasteiger partial charge in [-0.3, -0.25) is 0 Å². The minimum absolute atomic E-state index is 0.655. The fourth-order valence-corrected chi connectivity index (χ4v) is 3.83. The van der Waals surface area contributed by atoms with Crippen molar-refractivity contribution in [2.75, 3.05) is 81.1 Å². The predicted molar refractivity (Wildman–Crippen MR) is 116 cm³/mol. The minimum Gasteiger partial charge on any atom is -0.369 e. The van der Waals surface area contributed by atoms with Crippen LogP contribution in [0.25, 0.3) is 0 Å². The van der Waals surface area contributed by atoms with E-state index in [0.29, 0.717) is 5.95 Å². The molecule has 4 rings (SSSR count). The van der Waals surface area contributed by atoms with Gasteiger partial charge in [0.2, 0.25) is 5.95 Å². The van der Waals surface area contributed by atoms with Crippen molar-refractivity contribution >= 4 is 23.1 Å². The zero-order valence-electron chi connectivity index (χ0n) is 17.0. The van der Waals surface area contributed by atoms with Gasteiger partial charge >= 0.3 is 0 Å². The third kappa shape index (κ3) is 4.54. The van der Waals surface area contributed by atoms with Crippen LogP contribution >= 0.6 is 0 Å². The smallest absolute Gasteiger partial charge is 0.229 e. The quantitative estimate of drug-likeness (QED) is 0.851. The monoisotopic (exact) mass is 381 g/mol. The Morgan fingerprint density at radius 1 is 0.857 bits per heavy atom. The van der Waals surface area contributed by atoms with Gasteiger partial charge in [-0.15, -0.1) is 0 Å². The first-order valence-corrected chi connectivity index (χ1v) is 10.3. The van der Waals surface area contributed by atoms with Crippen LogP contribution in [0.15, 0.2) is 36.5 Å². The highest BCUT2D eigenvalue weighted by Crippen LogP contribution is 2.22. The molecule has 3 heterocycles. The topological polar surface area (TPSA) is 50.8 Å². The highest BCUT2D eigenvalue weighted by atomic mass is 15.3. The second-order valence-electron chi connectivity index (χ2n) is 7.62. The van der Waals surface area contributed by atoms with Gasteiger partial charge in [-0.2, -0.15) is 4.98 Å². The van der Waals surface area contributed by atoms with Gasteiger partial charge in [-0.05, 0) is 43.9 Å². The lowest BCUT2D eigenvalue weighted by atomic mass is 10.2. The number of nitrogens with zero attached hydrogens (tertiary/aromatic N) is 6. The molecule has 0 bridgehead atoms. The number of hydrogen-bond donors (Lipinski definition) is 1. The molecule has 2 fully saturated rings. The van der Waals surface area contributed by atoms with Crippen molar-refractivity contribution in [2.45, 2.75) is 6.92 Å². The molecular formula is C21H31N7. The van der Waals surface area contributed by atoms with Crippen molar-refractivity contribution in [3.05, 3.63) is 36.5 Å². The lowest BCUT2D eigenvalue weighted by Gasteiger charge is -2.34. The maximum absolute atomic E-state index is 4.73. The fraction of sp³-hybridized carbons (Fsp3) is 0.524. The molecular weight excluding hydrogens is 350 g/mol. The summed E-state index contributed by atoms with van der Waals surface area (Å²) >= 11 is 0. The van der Waals surface area contributed by atoms with E-state index >= 15 is 0 Å². The van der Waals surface area contributed by atoms with E-state index in [2.05, 4.69) is 68.1 Å². The van der Waals surface area contributed by atoms with E-state index in [9.17, 15) is 0 Å². The van der Waals surface area contributed by atoms with Gasteiger partial charge in [0.15, 0.2) is 0 Å². The Morgan fingerprint density at radius 3 is 2.21 bits per heavy atom. The predicted octanol–water partition coefficient (Wildman–Crippen LogP) is 2.11. The molecule has 2 aliphatic heterocycles. The van der Waals surface area contributed by atoms with Crippen molar-refractivity contribution in [3.63, 3.8) is 0 Å². The molecule has 28 heavy (non-hydrogen) atoms. The highest BCUT2D eigenvalue weighted by molar-refractivity contribution is 5.60. The van der Waals surface area contributed by atoms with Crippen LogP contribution in [0.3, 0.4) is 0 Å². The zero-order chi connectivity index (χ0) is 19.3. The van der Waals surface area contributed by atoms with Gasteiger partial charge in [-0.25, -0.2) is 4.98 Å². The van der Waals surface area contributed by atoms with E-state index < -0.39 is 0 Å². The average Bonchev–Trinajstić information content (AvgIpc) is 2.75. The third-order valence-electron chi connectivity index (χ3n) is 5.78. The Morgan fingerprint density at radius 2 is 1.54 bits per heavy atom.